The summed E-state index contributed by atoms with van der Waals surface area (Å²) in [5.41, 5.74) is 0. The second-order valence-electron chi connectivity index (χ2n) is 5.30. The first-order valence-electron chi connectivity index (χ1n) is 6.76. The van der Waals surface area contributed by atoms with Crippen molar-refractivity contribution in [1.82, 2.24) is 5.32 Å². The topological polar surface area (TPSA) is 49.3 Å². The highest BCUT2D eigenvalue weighted by Crippen LogP contribution is 2.25. The molecule has 2 unspecified atom stereocenters. The highest BCUT2D eigenvalue weighted by molar-refractivity contribution is 5.79. The van der Waals surface area contributed by atoms with Gasteiger partial charge in [-0.3, -0.25) is 4.79 Å². The van der Waals surface area contributed by atoms with Crippen LogP contribution >= 0.6 is 0 Å². The van der Waals surface area contributed by atoms with Crippen molar-refractivity contribution in [3.8, 4) is 0 Å². The lowest BCUT2D eigenvalue weighted by molar-refractivity contribution is -0.126. The van der Waals surface area contributed by atoms with E-state index < -0.39 is 0 Å². The van der Waals surface area contributed by atoms with Gasteiger partial charge in [0.1, 0.15) is 0 Å². The van der Waals surface area contributed by atoms with Crippen LogP contribution in [0.3, 0.4) is 0 Å². The van der Waals surface area contributed by atoms with Crippen LogP contribution in [0.2, 0.25) is 0 Å². The van der Waals surface area contributed by atoms with Crippen LogP contribution < -0.4 is 5.32 Å². The molecule has 16 heavy (non-hydrogen) atoms. The molecule has 2 N–H and O–H groups in total. The van der Waals surface area contributed by atoms with Gasteiger partial charge in [-0.2, -0.15) is 0 Å². The van der Waals surface area contributed by atoms with E-state index in [0.29, 0.717) is 0 Å². The lowest BCUT2D eigenvalue weighted by Gasteiger charge is -2.23. The maximum atomic E-state index is 11.9. The van der Waals surface area contributed by atoms with Gasteiger partial charge in [-0.25, -0.2) is 0 Å². The first-order chi connectivity index (χ1) is 7.77. The molecule has 0 radical (unpaired) electrons. The molecule has 0 aromatic rings. The minimum atomic E-state index is -0.326. The third kappa shape index (κ3) is 2.97. The van der Waals surface area contributed by atoms with Crippen molar-refractivity contribution < 1.29 is 9.90 Å². The third-order valence-electron chi connectivity index (χ3n) is 4.03. The van der Waals surface area contributed by atoms with E-state index in [1.54, 1.807) is 0 Å². The zero-order valence-electron chi connectivity index (χ0n) is 9.95. The lowest BCUT2D eigenvalue weighted by Crippen LogP contribution is -2.44. The molecule has 2 aliphatic rings. The van der Waals surface area contributed by atoms with Crippen molar-refractivity contribution in [2.24, 2.45) is 5.92 Å². The van der Waals surface area contributed by atoms with E-state index in [-0.39, 0.29) is 24.0 Å². The van der Waals surface area contributed by atoms with Crippen molar-refractivity contribution in [3.63, 3.8) is 0 Å². The molecule has 0 aromatic carbocycles. The Morgan fingerprint density at radius 2 is 1.56 bits per heavy atom. The molecule has 2 atom stereocenters. The van der Waals surface area contributed by atoms with Crippen LogP contribution in [0, 0.1) is 5.92 Å². The van der Waals surface area contributed by atoms with Gasteiger partial charge in [-0.1, -0.05) is 32.1 Å². The Morgan fingerprint density at radius 3 is 2.31 bits per heavy atom. The molecule has 0 heterocycles. The van der Waals surface area contributed by atoms with Crippen LogP contribution in [-0.4, -0.2) is 23.2 Å². The molecule has 3 heteroatoms. The van der Waals surface area contributed by atoms with Crippen molar-refractivity contribution in [2.75, 3.05) is 0 Å². The van der Waals surface area contributed by atoms with Gasteiger partial charge < -0.3 is 10.4 Å². The molecule has 2 rings (SSSR count). The van der Waals surface area contributed by atoms with E-state index in [9.17, 15) is 9.90 Å². The second kappa shape index (κ2) is 5.67. The summed E-state index contributed by atoms with van der Waals surface area (Å²) < 4.78 is 0. The van der Waals surface area contributed by atoms with E-state index in [0.717, 1.165) is 38.5 Å². The van der Waals surface area contributed by atoms with Gasteiger partial charge in [0.05, 0.1) is 12.1 Å². The molecule has 0 aliphatic heterocycles. The van der Waals surface area contributed by atoms with Gasteiger partial charge in [0.15, 0.2) is 0 Å². The van der Waals surface area contributed by atoms with E-state index in [1.165, 1.54) is 19.3 Å². The van der Waals surface area contributed by atoms with E-state index in [1.807, 2.05) is 0 Å². The normalized spacial score (nSPS) is 32.3. The first-order valence-corrected chi connectivity index (χ1v) is 6.76. The molecule has 0 saturated heterocycles. The van der Waals surface area contributed by atoms with Crippen molar-refractivity contribution in [1.29, 1.82) is 0 Å². The van der Waals surface area contributed by atoms with Gasteiger partial charge in [-0.15, -0.1) is 0 Å². The summed E-state index contributed by atoms with van der Waals surface area (Å²) in [7, 11) is 0. The molecular weight excluding hydrogens is 202 g/mol. The summed E-state index contributed by atoms with van der Waals surface area (Å²) in [5, 5.41) is 13.0. The Morgan fingerprint density at radius 1 is 0.938 bits per heavy atom. The molecule has 2 saturated carbocycles. The number of hydrogen-bond acceptors (Lipinski definition) is 2. The predicted molar refractivity (Wildman–Crippen MR) is 63.0 cm³/mol. The SMILES string of the molecule is O=C(NC1CCCCCC1O)C1CCCC1. The third-order valence-corrected chi connectivity index (χ3v) is 4.03. The van der Waals surface area contributed by atoms with Crippen LogP contribution in [0.1, 0.15) is 57.8 Å². The average Bonchev–Trinajstić information content (AvgIpc) is 2.73. The van der Waals surface area contributed by atoms with Gasteiger partial charge in [0, 0.05) is 5.92 Å². The molecule has 3 nitrogen and oxygen atoms in total. The number of nitrogens with one attached hydrogen (secondary N) is 1. The van der Waals surface area contributed by atoms with Gasteiger partial charge in [0.2, 0.25) is 5.91 Å². The van der Waals surface area contributed by atoms with Crippen LogP contribution in [0.4, 0.5) is 0 Å². The summed E-state index contributed by atoms with van der Waals surface area (Å²) in [6, 6.07) is 0.00981. The second-order valence-corrected chi connectivity index (χ2v) is 5.30. The maximum Gasteiger partial charge on any atom is 0.223 e. The minimum absolute atomic E-state index is 0.00981. The van der Waals surface area contributed by atoms with Crippen LogP contribution in [0.25, 0.3) is 0 Å². The van der Waals surface area contributed by atoms with Crippen LogP contribution in [-0.2, 0) is 4.79 Å². The fraction of sp³-hybridized carbons (Fsp3) is 0.923. The van der Waals surface area contributed by atoms with Gasteiger partial charge >= 0.3 is 0 Å². The largest absolute Gasteiger partial charge is 0.391 e. The Bertz CT molecular complexity index is 236. The Labute approximate surface area is 97.6 Å². The summed E-state index contributed by atoms with van der Waals surface area (Å²) in [5.74, 6) is 0.402. The standard InChI is InChI=1S/C13H23NO2/c15-12-9-3-1-2-8-11(12)14-13(16)10-6-4-5-7-10/h10-12,15H,1-9H2,(H,14,16). The minimum Gasteiger partial charge on any atom is -0.391 e. The highest BCUT2D eigenvalue weighted by atomic mass is 16.3. The Hall–Kier alpha value is -0.570. The zero-order valence-corrected chi connectivity index (χ0v) is 9.95. The number of hydrogen-bond donors (Lipinski definition) is 2. The van der Waals surface area contributed by atoms with Crippen molar-refractivity contribution >= 4 is 5.91 Å². The molecule has 1 amide bonds. The van der Waals surface area contributed by atoms with Gasteiger partial charge in [-0.05, 0) is 25.7 Å². The van der Waals surface area contributed by atoms with Crippen LogP contribution in [0.15, 0.2) is 0 Å². The molecule has 2 fully saturated rings. The highest BCUT2D eigenvalue weighted by Gasteiger charge is 2.28. The predicted octanol–water partition coefficient (Wildman–Crippen LogP) is 1.99. The fourth-order valence-corrected chi connectivity index (χ4v) is 2.95. The van der Waals surface area contributed by atoms with E-state index in [4.69, 9.17) is 0 Å². The van der Waals surface area contributed by atoms with E-state index >= 15 is 0 Å². The van der Waals surface area contributed by atoms with Crippen LogP contribution in [0.5, 0.6) is 0 Å². The van der Waals surface area contributed by atoms with Crippen molar-refractivity contribution in [2.45, 2.75) is 69.9 Å². The molecule has 0 bridgehead atoms. The smallest absolute Gasteiger partial charge is 0.223 e. The fourth-order valence-electron chi connectivity index (χ4n) is 2.95. The maximum absolute atomic E-state index is 11.9. The Kier molecular flexibility index (Phi) is 4.22. The molecule has 92 valence electrons. The quantitative estimate of drug-likeness (QED) is 0.706. The summed E-state index contributed by atoms with van der Waals surface area (Å²) in [6.07, 6.45) is 9.32. The number of carbonyl (C=O) groups excluding carboxylic acids is 1. The van der Waals surface area contributed by atoms with E-state index in [2.05, 4.69) is 5.32 Å². The summed E-state index contributed by atoms with van der Waals surface area (Å²) >= 11 is 0. The number of aliphatic hydroxyl groups excluding tert-OH is 1. The molecular formula is C13H23NO2. The Balaban J connectivity index is 1.84. The van der Waals surface area contributed by atoms with Gasteiger partial charge in [0.25, 0.3) is 0 Å². The zero-order chi connectivity index (χ0) is 11.4. The number of aliphatic hydroxyl groups is 1. The summed E-state index contributed by atoms with van der Waals surface area (Å²) in [6.45, 7) is 0. The lowest BCUT2D eigenvalue weighted by atomic mass is 10.0. The molecule has 0 spiro atoms. The van der Waals surface area contributed by atoms with Crippen molar-refractivity contribution in [3.05, 3.63) is 0 Å². The summed E-state index contributed by atoms with van der Waals surface area (Å²) in [4.78, 5) is 11.9. The number of rotatable bonds is 2. The monoisotopic (exact) mass is 225 g/mol. The molecule has 2 aliphatic carbocycles. The number of amides is 1. The number of carbonyl (C=O) groups is 1. The average molecular weight is 225 g/mol. The first kappa shape index (κ1) is 11.9. The molecule has 0 aromatic heterocycles.